The maximum absolute atomic E-state index is 13.1. The Morgan fingerprint density at radius 3 is 1.17 bits per heavy atom. The maximum atomic E-state index is 13.1. The number of benzene rings is 3. The summed E-state index contributed by atoms with van der Waals surface area (Å²) >= 11 is 9.53. The van der Waals surface area contributed by atoms with Crippen molar-refractivity contribution in [2.45, 2.75) is 302 Å². The number of carbonyl (C=O) groups excluding carboxylic acids is 12. The number of nitrogens with one attached hydrogen (secondary N) is 3. The molecule has 7 fully saturated rings. The van der Waals surface area contributed by atoms with Crippen LogP contribution in [0.25, 0.3) is 0 Å². The van der Waals surface area contributed by atoms with Crippen molar-refractivity contribution >= 4 is 94.9 Å². The van der Waals surface area contributed by atoms with E-state index in [0.717, 1.165) is 104 Å². The van der Waals surface area contributed by atoms with Gasteiger partial charge in [0.15, 0.2) is 71.1 Å². The molecule has 0 aromatic heterocycles. The number of hydroxylamine groups is 2. The largest absolute Gasteiger partial charge is 0.504 e. The molecule has 0 unspecified atom stereocenters. The molecule has 16 aliphatic rings. The Morgan fingerprint density at radius 2 is 0.852 bits per heavy atom. The van der Waals surface area contributed by atoms with Gasteiger partial charge >= 0.3 is 48.0 Å². The Labute approximate surface area is 787 Å². The smallest absolute Gasteiger partial charge is 0.446 e. The molecule has 41 heteroatoms. The first-order valence-corrected chi connectivity index (χ1v) is 46.5. The Morgan fingerprint density at radius 1 is 0.526 bits per heavy atom. The fourth-order valence-electron chi connectivity index (χ4n) is 22.7. The number of phenols is 3. The minimum Gasteiger partial charge on any atom is -0.504 e. The summed E-state index contributed by atoms with van der Waals surface area (Å²) in [6, 6.07) is 6.95. The second-order valence-electron chi connectivity index (χ2n) is 37.4. The van der Waals surface area contributed by atoms with E-state index in [-0.39, 0.29) is 127 Å². The number of phenolic OH excluding ortho intramolecular Hbond substituents is 3. The van der Waals surface area contributed by atoms with Gasteiger partial charge in [-0.1, -0.05) is 51.3 Å². The number of nitrogens with two attached hydrogens (primary N) is 1. The van der Waals surface area contributed by atoms with E-state index in [2.05, 4.69) is 30.7 Å². The molecule has 8 heterocycles. The Hall–Kier alpha value is -10.2. The van der Waals surface area contributed by atoms with Crippen molar-refractivity contribution in [2.24, 2.45) is 17.6 Å². The van der Waals surface area contributed by atoms with Gasteiger partial charge in [-0.25, -0.2) is 28.8 Å². The number of hydrogen-bond acceptors (Lipinski definition) is 33. The lowest BCUT2D eigenvalue weighted by atomic mass is 9.50. The third-order valence-electron chi connectivity index (χ3n) is 29.5. The van der Waals surface area contributed by atoms with Crippen LogP contribution in [0.2, 0.25) is 0 Å². The number of rotatable bonds is 18. The summed E-state index contributed by atoms with van der Waals surface area (Å²) < 4.78 is 83.0. The third kappa shape index (κ3) is 18.5. The van der Waals surface area contributed by atoms with Gasteiger partial charge in [-0.2, -0.15) is 13.2 Å². The van der Waals surface area contributed by atoms with Gasteiger partial charge in [0, 0.05) is 72.8 Å². The van der Waals surface area contributed by atoms with E-state index >= 15 is 0 Å². The Balaban J connectivity index is 0.000000153. The number of aldehydes is 1. The molecule has 36 nitrogen and oxygen atoms in total. The predicted molar refractivity (Wildman–Crippen MR) is 471 cm³/mol. The normalized spacial score (nSPS) is 30.3. The van der Waals surface area contributed by atoms with Crippen molar-refractivity contribution in [3.05, 3.63) is 105 Å². The number of carbonyl (C=O) groups is 12. The van der Waals surface area contributed by atoms with E-state index in [4.69, 9.17) is 81.2 Å². The second-order valence-corrected chi connectivity index (χ2v) is 38.2. The third-order valence-corrected chi connectivity index (χ3v) is 29.5. The molecule has 3 spiro atoms. The molecule has 8 aliphatic carbocycles. The summed E-state index contributed by atoms with van der Waals surface area (Å²) in [5.74, 6) is -4.75. The van der Waals surface area contributed by atoms with E-state index in [1.54, 1.807) is 36.4 Å². The average molecular weight is 1940 g/mol. The number of amides is 4. The molecular weight excluding hydrogens is 1820 g/mol. The summed E-state index contributed by atoms with van der Waals surface area (Å²) in [5, 5.41) is 77.4. The zero-order chi connectivity index (χ0) is 97.1. The number of likely N-dealkylation sites (tertiary alicyclic amines) is 3. The fraction of sp³-hybridized carbons (Fsp3) is 0.617. The van der Waals surface area contributed by atoms with Gasteiger partial charge in [0.1, 0.15) is 35.4 Å². The van der Waals surface area contributed by atoms with Crippen molar-refractivity contribution in [3.8, 4) is 34.5 Å². The standard InChI is InChI=1S/C29H36N2O8.C28H35N3O8.C23H28N2O7.C10H13NO4.C2HF3O.CH2Cl2.CH4/c1-15(30-25(33)17-6-4-5-7-17)26(34)37-16(2)27(35)38-20-10-11-29(36)21-14-18-8-9-19(32)23-22(18)28(29,24(20)39-23)12-13-31(21)3;1-14(30-24(33)17-5-4-11-29-17)25(34)37-15(2)26(35)38-19-8-9-28(36)20-13-16-6-7-18(32)22-21(16)27(28,23(19)39-22)10-12-31(20)3;1-11(24)20(27)30-12(2)21(28)31-15-6-7-23(29)16-10-13-4-5-14(26)18-17(13)22(23,19(15)32-18)8-9-25(16)3;12-8-5-6-9(13)11(8)15-10(14)7-3-1-2-4-7;3-2(4,5)1-6;2-1-3;/h8-10,15-17,21,24,32,36H,4-7,11-14H2,1-3H3,(H,30,33);6-8,14-15,17,20,23,29,32,36H,4-5,9-13H2,1-3H3,(H,30,33);4-6,11-12,16,19,26,29H,7-10,24H2,1-3H3;7H,1-6H2;1H;1H2;1H4/t15-,16-,21+,24-,28-,29+;14-,15-,17-,20+,23-,27-,28+;11-,12-,16+,19-,22-,23+;;;;/m000..../s1. The number of alkyl halides is 5. The quantitative estimate of drug-likeness (QED) is 0.0219. The van der Waals surface area contributed by atoms with Crippen LogP contribution in [0.5, 0.6) is 34.5 Å². The van der Waals surface area contributed by atoms with Gasteiger partial charge in [-0.05, 0) is 219 Å². The summed E-state index contributed by atoms with van der Waals surface area (Å²) in [5.41, 5.74) is 4.85. The van der Waals surface area contributed by atoms with Crippen LogP contribution in [0.4, 0.5) is 13.2 Å². The molecule has 3 aromatic carbocycles. The summed E-state index contributed by atoms with van der Waals surface area (Å²) in [6.07, 6.45) is 6.77. The number of imide groups is 1. The summed E-state index contributed by atoms with van der Waals surface area (Å²) in [6.45, 7) is 11.6. The highest BCUT2D eigenvalue weighted by molar-refractivity contribution is 6.40. The van der Waals surface area contributed by atoms with E-state index in [1.807, 2.05) is 39.3 Å². The Bertz CT molecular complexity index is 5030. The van der Waals surface area contributed by atoms with Crippen LogP contribution in [0.1, 0.15) is 198 Å². The number of aromatic hydroxyl groups is 3. The molecule has 19 atom stereocenters. The van der Waals surface area contributed by atoms with Gasteiger partial charge < -0.3 is 114 Å². The number of piperidine rings is 3. The van der Waals surface area contributed by atoms with Crippen molar-refractivity contribution in [1.29, 1.82) is 0 Å². The minimum absolute atomic E-state index is 0. The monoisotopic (exact) mass is 1930 g/mol. The van der Waals surface area contributed by atoms with E-state index in [9.17, 15) is 96.6 Å². The van der Waals surface area contributed by atoms with Crippen LogP contribution in [0.3, 0.4) is 0 Å². The number of esters is 6. The molecular formula is C94H119Cl2F3N8O28. The molecule has 135 heavy (non-hydrogen) atoms. The SMILES string of the molecule is C.C[C@H](N)C(=O)O[C@@H](C)C(=O)OC1=CC[C@@]2(O)[C@H]3Cc4ccc(O)c5c4[C@@]2(CCN3C)[C@H]1O5.C[C@H](NC(=O)C1CCCC1)C(=O)O[C@@H](C)C(=O)OC1=CC[C@@]2(O)[C@H]3Cc4ccc(O)c5c4[C@@]2(CCN3C)[C@H]1O5.C[C@H](NC(=O)[C@@H]1CCCN1)C(=O)O[C@@H](C)C(=O)OC1=CC[C@@]2(O)[C@H]3Cc4ccc(O)c5c4[C@@]2(CCN3C)[C@H]1O5.ClCCl.O=C(ON1C(=O)CCC1=O)C1CCCC1.O=CC(F)(F)F. The van der Waals surface area contributed by atoms with Crippen LogP contribution < -0.4 is 35.9 Å². The van der Waals surface area contributed by atoms with Crippen molar-refractivity contribution in [2.75, 3.05) is 52.7 Å². The van der Waals surface area contributed by atoms with Gasteiger partial charge in [-0.3, -0.25) is 28.8 Å². The molecule has 6 bridgehead atoms. The number of hydrogen-bond donors (Lipinski definition) is 10. The predicted octanol–water partition coefficient (Wildman–Crippen LogP) is 6.32. The average Bonchev–Trinajstić information content (AvgIpc) is 1.54. The van der Waals surface area contributed by atoms with Gasteiger partial charge in [0.25, 0.3) is 11.8 Å². The molecule has 0 radical (unpaired) electrons. The molecule has 738 valence electrons. The first-order valence-electron chi connectivity index (χ1n) is 45.4. The van der Waals surface area contributed by atoms with E-state index in [1.165, 1.54) is 41.5 Å². The second kappa shape index (κ2) is 40.1. The number of ether oxygens (including phenoxy) is 9. The fourth-order valence-corrected chi connectivity index (χ4v) is 22.7. The molecule has 5 saturated heterocycles. The molecule has 8 aliphatic heterocycles. The van der Waals surface area contributed by atoms with E-state index < -0.39 is 154 Å². The number of nitrogens with zero attached hydrogens (tertiary/aromatic N) is 4. The first kappa shape index (κ1) is 102. The van der Waals surface area contributed by atoms with E-state index in [0.29, 0.717) is 80.3 Å². The van der Waals surface area contributed by atoms with Gasteiger partial charge in [0.2, 0.25) is 18.1 Å². The Kier molecular flexibility index (Phi) is 30.3. The zero-order valence-corrected chi connectivity index (χ0v) is 77.3. The molecule has 19 rings (SSSR count). The zero-order valence-electron chi connectivity index (χ0n) is 75.7. The van der Waals surface area contributed by atoms with Crippen LogP contribution in [-0.2, 0) is 126 Å². The van der Waals surface area contributed by atoms with Crippen molar-refractivity contribution in [3.63, 3.8) is 0 Å². The lowest BCUT2D eigenvalue weighted by molar-refractivity contribution is -0.200. The highest BCUT2D eigenvalue weighted by Crippen LogP contribution is 2.69. The highest BCUT2D eigenvalue weighted by Gasteiger charge is 2.76. The van der Waals surface area contributed by atoms with Crippen LogP contribution in [0.15, 0.2) is 71.9 Å². The van der Waals surface area contributed by atoms with Crippen LogP contribution in [-0.4, -0.2) is 277 Å². The first-order chi connectivity index (χ1) is 63.4. The minimum atomic E-state index is -4.64. The van der Waals surface area contributed by atoms with Gasteiger partial charge in [-0.15, -0.1) is 28.3 Å². The summed E-state index contributed by atoms with van der Waals surface area (Å²) in [4.78, 5) is 154. The number of likely N-dealkylation sites (N-methyl/N-ethyl adjacent to an activating group) is 3. The topological polar surface area (TPSA) is 494 Å². The lowest BCUT2D eigenvalue weighted by Crippen LogP contribution is -2.74. The lowest BCUT2D eigenvalue weighted by Gasteiger charge is -2.61. The molecule has 11 N–H and O–H groups in total. The maximum Gasteiger partial charge on any atom is 0.446 e. The van der Waals surface area contributed by atoms with Crippen molar-refractivity contribution in [1.82, 2.24) is 35.7 Å². The van der Waals surface area contributed by atoms with Crippen LogP contribution in [0, 0.1) is 11.8 Å². The molecule has 3 aromatic rings. The highest BCUT2D eigenvalue weighted by atomic mass is 35.5. The van der Waals surface area contributed by atoms with Crippen molar-refractivity contribution < 1.29 is 149 Å². The molecule has 4 amide bonds. The van der Waals surface area contributed by atoms with Gasteiger partial charge in [0.05, 0.1) is 50.3 Å². The number of halogens is 5. The summed E-state index contributed by atoms with van der Waals surface area (Å²) in [7, 11) is 6.00. The number of aliphatic hydroxyl groups is 3. The molecule has 2 saturated carbocycles. The van der Waals surface area contributed by atoms with Crippen LogP contribution >= 0.6 is 23.2 Å².